The summed E-state index contributed by atoms with van der Waals surface area (Å²) in [7, 11) is -0.887. The largest absolute Gasteiger partial charge is 0.501 e. The topological polar surface area (TPSA) is 49.7 Å². The molecule has 0 bridgehead atoms. The minimum Gasteiger partial charge on any atom is -0.423 e. The van der Waals surface area contributed by atoms with Gasteiger partial charge in [0.2, 0.25) is 0 Å². The van der Waals surface area contributed by atoms with Gasteiger partial charge in [-0.25, -0.2) is 0 Å². The van der Waals surface area contributed by atoms with Crippen LogP contribution in [0.15, 0.2) is 17.5 Å². The molecule has 1 heterocycles. The van der Waals surface area contributed by atoms with E-state index in [0.717, 1.165) is 4.78 Å². The first kappa shape index (κ1) is 8.74. The van der Waals surface area contributed by atoms with E-state index in [0.29, 0.717) is 0 Å². The molecule has 0 saturated carbocycles. The first-order valence-corrected chi connectivity index (χ1v) is 4.16. The molecule has 1 rings (SSSR count). The Morgan fingerprint density at radius 3 is 3.00 bits per heavy atom. The smallest absolute Gasteiger partial charge is 0.423 e. The summed E-state index contributed by atoms with van der Waals surface area (Å²) in [6.07, 6.45) is 0. The van der Waals surface area contributed by atoms with E-state index in [2.05, 4.69) is 0 Å². The monoisotopic (exact) mass is 172 g/mol. The predicted octanol–water partition coefficient (Wildman–Crippen LogP) is -0.556. The van der Waals surface area contributed by atoms with Crippen LogP contribution in [0.5, 0.6) is 0 Å². The lowest BCUT2D eigenvalue weighted by Crippen LogP contribution is -2.32. The van der Waals surface area contributed by atoms with E-state index in [9.17, 15) is 5.02 Å². The van der Waals surface area contributed by atoms with Crippen molar-refractivity contribution >= 4 is 23.2 Å². The zero-order valence-electron chi connectivity index (χ0n) is 5.93. The Labute approximate surface area is 69.4 Å². The van der Waals surface area contributed by atoms with E-state index >= 15 is 0 Å². The molecule has 0 saturated heterocycles. The van der Waals surface area contributed by atoms with Gasteiger partial charge < -0.3 is 14.8 Å². The molecule has 1 aromatic rings. The van der Waals surface area contributed by atoms with Crippen LogP contribution in [0.25, 0.3) is 0 Å². The fourth-order valence-electron chi connectivity index (χ4n) is 0.678. The molecule has 60 valence electrons. The maximum absolute atomic E-state index is 9.22. The second-order valence-corrected chi connectivity index (χ2v) is 2.94. The lowest BCUT2D eigenvalue weighted by molar-refractivity contribution is 0.184. The van der Waals surface area contributed by atoms with Crippen molar-refractivity contribution in [3.05, 3.63) is 17.5 Å². The Balaban J connectivity index is 2.36. The third kappa shape index (κ3) is 2.63. The molecule has 0 spiro atoms. The number of rotatable bonds is 4. The second-order valence-electron chi connectivity index (χ2n) is 1.96. The van der Waals surface area contributed by atoms with Gasteiger partial charge in [-0.15, -0.1) is 0 Å². The first-order chi connectivity index (χ1) is 5.34. The summed E-state index contributed by atoms with van der Waals surface area (Å²) in [4.78, 5) is 0. The van der Waals surface area contributed by atoms with Crippen LogP contribution in [0.3, 0.4) is 0 Å². The van der Waals surface area contributed by atoms with Crippen LogP contribution in [0, 0.1) is 0 Å². The van der Waals surface area contributed by atoms with Crippen LogP contribution in [0.4, 0.5) is 0 Å². The minimum atomic E-state index is -0.887. The summed E-state index contributed by atoms with van der Waals surface area (Å²) in [5.74, 6) is 0. The van der Waals surface area contributed by atoms with Crippen molar-refractivity contribution in [3.8, 4) is 0 Å². The number of thiophene rings is 1. The van der Waals surface area contributed by atoms with Gasteiger partial charge >= 0.3 is 7.12 Å². The summed E-state index contributed by atoms with van der Waals surface area (Å²) < 4.78 is 5.61. The van der Waals surface area contributed by atoms with Crippen LogP contribution in [0.2, 0.25) is 0 Å². The van der Waals surface area contributed by atoms with Gasteiger partial charge in [-0.05, 0) is 5.38 Å². The molecule has 0 fully saturated rings. The van der Waals surface area contributed by atoms with Gasteiger partial charge in [-0.2, -0.15) is 11.3 Å². The highest BCUT2D eigenvalue weighted by Crippen LogP contribution is 1.95. The number of hydrogen-bond acceptors (Lipinski definition) is 4. The second kappa shape index (κ2) is 4.51. The molecule has 1 aromatic heterocycles. The average molecular weight is 172 g/mol. The number of aliphatic hydroxyl groups is 1. The third-order valence-corrected chi connectivity index (χ3v) is 2.06. The van der Waals surface area contributed by atoms with Gasteiger partial charge in [0.1, 0.15) is 0 Å². The lowest BCUT2D eigenvalue weighted by Gasteiger charge is -2.02. The van der Waals surface area contributed by atoms with Crippen molar-refractivity contribution in [1.29, 1.82) is 0 Å². The minimum absolute atomic E-state index is 0.0670. The van der Waals surface area contributed by atoms with E-state index in [1.54, 1.807) is 6.07 Å². The highest BCUT2D eigenvalue weighted by molar-refractivity contribution is 7.20. The van der Waals surface area contributed by atoms with Crippen molar-refractivity contribution in [2.45, 2.75) is 0 Å². The van der Waals surface area contributed by atoms with Gasteiger partial charge in [0.15, 0.2) is 0 Å². The Bertz CT molecular complexity index is 190. The van der Waals surface area contributed by atoms with Crippen molar-refractivity contribution in [3.63, 3.8) is 0 Å². The Hall–Kier alpha value is -0.355. The molecule has 0 aliphatic heterocycles. The number of hydrogen-bond donors (Lipinski definition) is 2. The fourth-order valence-corrected chi connectivity index (χ4v) is 1.33. The molecule has 0 aliphatic carbocycles. The molecule has 0 unspecified atom stereocenters. The molecule has 0 aliphatic rings. The van der Waals surface area contributed by atoms with Crippen LogP contribution >= 0.6 is 11.3 Å². The summed E-state index contributed by atoms with van der Waals surface area (Å²) in [5, 5.41) is 19.5. The lowest BCUT2D eigenvalue weighted by atomic mass is 9.89. The average Bonchev–Trinajstić information content (AvgIpc) is 2.52. The van der Waals surface area contributed by atoms with Gasteiger partial charge in [0.25, 0.3) is 0 Å². The maximum Gasteiger partial charge on any atom is 0.501 e. The molecule has 0 aromatic carbocycles. The normalized spacial score (nSPS) is 10.0. The molecular formula is C6H9BO3S. The standard InChI is InChI=1S/C6H9BO3S/c8-3-4-10-7(9)6-2-1-5-11-6/h1-2,5,8-9H,3-4H2. The van der Waals surface area contributed by atoms with Gasteiger partial charge in [0, 0.05) is 4.78 Å². The van der Waals surface area contributed by atoms with Gasteiger partial charge in [-0.3, -0.25) is 0 Å². The predicted molar refractivity (Wildman–Crippen MR) is 45.0 cm³/mol. The Morgan fingerprint density at radius 2 is 2.45 bits per heavy atom. The summed E-state index contributed by atoms with van der Waals surface area (Å²) in [6, 6.07) is 3.62. The molecule has 0 amide bonds. The SMILES string of the molecule is OCCOB(O)c1cccs1. The zero-order chi connectivity index (χ0) is 8.10. The number of aliphatic hydroxyl groups excluding tert-OH is 1. The van der Waals surface area contributed by atoms with E-state index in [4.69, 9.17) is 9.76 Å². The highest BCUT2D eigenvalue weighted by atomic mass is 32.1. The maximum atomic E-state index is 9.22. The van der Waals surface area contributed by atoms with Crippen LogP contribution in [0.1, 0.15) is 0 Å². The van der Waals surface area contributed by atoms with Crippen LogP contribution < -0.4 is 4.78 Å². The van der Waals surface area contributed by atoms with Crippen molar-refractivity contribution in [2.24, 2.45) is 0 Å². The Kier molecular flexibility index (Phi) is 3.58. The summed E-state index contributed by atoms with van der Waals surface area (Å²) in [5.41, 5.74) is 0. The quantitative estimate of drug-likeness (QED) is 0.598. The van der Waals surface area contributed by atoms with E-state index in [-0.39, 0.29) is 13.2 Å². The summed E-state index contributed by atoms with van der Waals surface area (Å²) in [6.45, 7) is 0.0987. The molecule has 2 N–H and O–H groups in total. The molecule has 3 nitrogen and oxygen atoms in total. The molecule has 0 radical (unpaired) electrons. The molecular weight excluding hydrogens is 163 g/mol. The molecule has 5 heteroatoms. The third-order valence-electron chi connectivity index (χ3n) is 1.15. The van der Waals surface area contributed by atoms with E-state index < -0.39 is 7.12 Å². The molecule has 11 heavy (non-hydrogen) atoms. The zero-order valence-corrected chi connectivity index (χ0v) is 6.75. The van der Waals surface area contributed by atoms with E-state index in [1.807, 2.05) is 11.4 Å². The Morgan fingerprint density at radius 1 is 1.64 bits per heavy atom. The van der Waals surface area contributed by atoms with Crippen LogP contribution in [-0.2, 0) is 4.65 Å². The van der Waals surface area contributed by atoms with Crippen molar-refractivity contribution in [1.82, 2.24) is 0 Å². The highest BCUT2D eigenvalue weighted by Gasteiger charge is 2.16. The van der Waals surface area contributed by atoms with Crippen molar-refractivity contribution < 1.29 is 14.8 Å². The van der Waals surface area contributed by atoms with Gasteiger partial charge in [0.05, 0.1) is 13.2 Å². The van der Waals surface area contributed by atoms with Crippen molar-refractivity contribution in [2.75, 3.05) is 13.2 Å². The summed E-state index contributed by atoms with van der Waals surface area (Å²) >= 11 is 1.42. The molecule has 0 atom stereocenters. The first-order valence-electron chi connectivity index (χ1n) is 3.28. The van der Waals surface area contributed by atoms with E-state index in [1.165, 1.54) is 11.3 Å². The van der Waals surface area contributed by atoms with Gasteiger partial charge in [-0.1, -0.05) is 12.1 Å². The van der Waals surface area contributed by atoms with Crippen LogP contribution in [-0.4, -0.2) is 30.5 Å². The fraction of sp³-hybridized carbons (Fsp3) is 0.333.